The number of anilines is 2. The van der Waals surface area contributed by atoms with Crippen molar-refractivity contribution in [3.8, 4) is 0 Å². The van der Waals surface area contributed by atoms with Crippen molar-refractivity contribution in [2.45, 2.75) is 45.6 Å². The van der Waals surface area contributed by atoms with Gasteiger partial charge in [0.15, 0.2) is 0 Å². The zero-order chi connectivity index (χ0) is 21.6. The lowest BCUT2D eigenvalue weighted by Gasteiger charge is -2.29. The number of hydrogen-bond donors (Lipinski definition) is 2. The maximum absolute atomic E-state index is 12.9. The van der Waals surface area contributed by atoms with E-state index in [1.165, 1.54) is 19.3 Å². The topological polar surface area (TPSA) is 77.6 Å². The Morgan fingerprint density at radius 1 is 0.968 bits per heavy atom. The number of para-hydroxylation sites is 1. The molecule has 1 aromatic heterocycles. The van der Waals surface area contributed by atoms with Crippen LogP contribution in [0.5, 0.6) is 0 Å². The number of nitrogens with one attached hydrogen (secondary N) is 2. The van der Waals surface area contributed by atoms with E-state index in [0.29, 0.717) is 17.8 Å². The van der Waals surface area contributed by atoms with E-state index in [0.717, 1.165) is 56.0 Å². The molecular formula is C24H31N5O2. The molecule has 3 heterocycles. The van der Waals surface area contributed by atoms with E-state index in [2.05, 4.69) is 20.5 Å². The lowest BCUT2D eigenvalue weighted by Crippen LogP contribution is -2.34. The Morgan fingerprint density at radius 3 is 2.48 bits per heavy atom. The van der Waals surface area contributed by atoms with Crippen LogP contribution in [0.4, 0.5) is 16.3 Å². The molecule has 7 heteroatoms. The highest BCUT2D eigenvalue weighted by Crippen LogP contribution is 2.24. The van der Waals surface area contributed by atoms with Gasteiger partial charge in [0, 0.05) is 44.5 Å². The molecule has 2 aliphatic rings. The van der Waals surface area contributed by atoms with Crippen molar-refractivity contribution in [3.63, 3.8) is 0 Å². The molecule has 0 aliphatic carbocycles. The molecule has 2 N–H and O–H groups in total. The average Bonchev–Trinajstić information content (AvgIpc) is 3.34. The zero-order valence-electron chi connectivity index (χ0n) is 18.2. The molecule has 0 spiro atoms. The SMILES string of the molecule is Cc1cccc(C(=O)N2CCCC2)c1NC(=O)NCc1cccnc1N1CCCCC1. The predicted octanol–water partition coefficient (Wildman–Crippen LogP) is 3.94. The number of pyridine rings is 1. The molecule has 0 bridgehead atoms. The fourth-order valence-corrected chi connectivity index (χ4v) is 4.39. The highest BCUT2D eigenvalue weighted by atomic mass is 16.2. The fraction of sp³-hybridized carbons (Fsp3) is 0.458. The van der Waals surface area contributed by atoms with Gasteiger partial charge in [-0.25, -0.2) is 9.78 Å². The maximum atomic E-state index is 12.9. The van der Waals surface area contributed by atoms with Gasteiger partial charge in [-0.15, -0.1) is 0 Å². The van der Waals surface area contributed by atoms with Crippen molar-refractivity contribution in [2.75, 3.05) is 36.4 Å². The summed E-state index contributed by atoms with van der Waals surface area (Å²) >= 11 is 0. The summed E-state index contributed by atoms with van der Waals surface area (Å²) in [5.41, 5.74) is 3.00. The number of piperidine rings is 1. The normalized spacial score (nSPS) is 16.3. The summed E-state index contributed by atoms with van der Waals surface area (Å²) in [7, 11) is 0. The molecule has 164 valence electrons. The van der Waals surface area contributed by atoms with E-state index in [-0.39, 0.29) is 11.9 Å². The minimum absolute atomic E-state index is 0.0175. The Hall–Kier alpha value is -3.09. The van der Waals surface area contributed by atoms with Crippen molar-refractivity contribution < 1.29 is 9.59 Å². The minimum Gasteiger partial charge on any atom is -0.356 e. The van der Waals surface area contributed by atoms with Gasteiger partial charge in [-0.05, 0) is 56.7 Å². The van der Waals surface area contributed by atoms with Gasteiger partial charge in [-0.3, -0.25) is 4.79 Å². The Kier molecular flexibility index (Phi) is 6.70. The molecule has 0 atom stereocenters. The van der Waals surface area contributed by atoms with Gasteiger partial charge in [-0.2, -0.15) is 0 Å². The van der Waals surface area contributed by atoms with Gasteiger partial charge in [0.2, 0.25) is 0 Å². The number of nitrogens with zero attached hydrogens (tertiary/aromatic N) is 3. The van der Waals surface area contributed by atoms with Gasteiger partial charge < -0.3 is 20.4 Å². The van der Waals surface area contributed by atoms with Crippen LogP contribution in [0.1, 0.15) is 53.6 Å². The third kappa shape index (κ3) is 4.98. The summed E-state index contributed by atoms with van der Waals surface area (Å²) in [5.74, 6) is 0.930. The number of urea groups is 1. The van der Waals surface area contributed by atoms with Gasteiger partial charge in [-0.1, -0.05) is 18.2 Å². The Balaban J connectivity index is 1.44. The van der Waals surface area contributed by atoms with Crippen LogP contribution in [0.3, 0.4) is 0 Å². The number of carbonyl (C=O) groups excluding carboxylic acids is 2. The molecule has 0 unspecified atom stereocenters. The number of aromatic nitrogens is 1. The highest BCUT2D eigenvalue weighted by molar-refractivity contribution is 6.04. The second-order valence-electron chi connectivity index (χ2n) is 8.34. The number of benzene rings is 1. The lowest BCUT2D eigenvalue weighted by molar-refractivity contribution is 0.0793. The van der Waals surface area contributed by atoms with Gasteiger partial charge >= 0.3 is 6.03 Å². The van der Waals surface area contributed by atoms with Crippen LogP contribution >= 0.6 is 0 Å². The highest BCUT2D eigenvalue weighted by Gasteiger charge is 2.23. The molecule has 0 radical (unpaired) electrons. The second-order valence-corrected chi connectivity index (χ2v) is 8.34. The quantitative estimate of drug-likeness (QED) is 0.767. The fourth-order valence-electron chi connectivity index (χ4n) is 4.39. The number of likely N-dealkylation sites (tertiary alicyclic amines) is 1. The Labute approximate surface area is 183 Å². The summed E-state index contributed by atoms with van der Waals surface area (Å²) in [6, 6.07) is 9.15. The molecule has 7 nitrogen and oxygen atoms in total. The third-order valence-corrected chi connectivity index (χ3v) is 6.10. The molecule has 2 fully saturated rings. The summed E-state index contributed by atoms with van der Waals surface area (Å²) in [5, 5.41) is 5.87. The van der Waals surface area contributed by atoms with E-state index >= 15 is 0 Å². The number of rotatable bonds is 5. The van der Waals surface area contributed by atoms with Crippen LogP contribution in [0.15, 0.2) is 36.5 Å². The van der Waals surface area contributed by atoms with Crippen LogP contribution in [0.25, 0.3) is 0 Å². The molecule has 31 heavy (non-hydrogen) atoms. The van der Waals surface area contributed by atoms with Crippen molar-refractivity contribution >= 4 is 23.4 Å². The smallest absolute Gasteiger partial charge is 0.319 e. The van der Waals surface area contributed by atoms with Crippen LogP contribution in [-0.4, -0.2) is 48.0 Å². The van der Waals surface area contributed by atoms with Crippen molar-refractivity contribution in [3.05, 3.63) is 53.2 Å². The van der Waals surface area contributed by atoms with E-state index < -0.39 is 0 Å². The van der Waals surface area contributed by atoms with Gasteiger partial charge in [0.05, 0.1) is 11.3 Å². The second kappa shape index (κ2) is 9.81. The minimum atomic E-state index is -0.321. The first-order valence-electron chi connectivity index (χ1n) is 11.3. The first-order valence-corrected chi connectivity index (χ1v) is 11.3. The zero-order valence-corrected chi connectivity index (χ0v) is 18.2. The predicted molar refractivity (Wildman–Crippen MR) is 122 cm³/mol. The maximum Gasteiger partial charge on any atom is 0.319 e. The number of aryl methyl sites for hydroxylation is 1. The van der Waals surface area contributed by atoms with E-state index in [1.807, 2.05) is 36.1 Å². The molecule has 4 rings (SSSR count). The van der Waals surface area contributed by atoms with E-state index in [4.69, 9.17) is 0 Å². The van der Waals surface area contributed by atoms with Crippen molar-refractivity contribution in [2.24, 2.45) is 0 Å². The first-order chi connectivity index (χ1) is 15.1. The number of carbonyl (C=O) groups is 2. The molecule has 3 amide bonds. The molecule has 2 aromatic rings. The Bertz CT molecular complexity index is 933. The Morgan fingerprint density at radius 2 is 1.71 bits per heavy atom. The van der Waals surface area contributed by atoms with Crippen LogP contribution in [-0.2, 0) is 6.54 Å². The summed E-state index contributed by atoms with van der Waals surface area (Å²) in [4.78, 5) is 34.4. The van der Waals surface area contributed by atoms with E-state index in [9.17, 15) is 9.59 Å². The molecule has 2 saturated heterocycles. The van der Waals surface area contributed by atoms with Crippen molar-refractivity contribution in [1.29, 1.82) is 0 Å². The molecule has 2 aliphatic heterocycles. The molecule has 0 saturated carbocycles. The lowest BCUT2D eigenvalue weighted by atomic mass is 10.1. The molecular weight excluding hydrogens is 390 g/mol. The number of amides is 3. The average molecular weight is 422 g/mol. The standard InChI is InChI=1S/C24H31N5O2/c1-18-9-7-11-20(23(30)29-15-5-6-16-29)21(18)27-24(31)26-17-19-10-8-12-25-22(19)28-13-3-2-4-14-28/h7-12H,2-6,13-17H2,1H3,(H2,26,27,31). The number of hydrogen-bond acceptors (Lipinski definition) is 4. The van der Waals surface area contributed by atoms with Crippen molar-refractivity contribution in [1.82, 2.24) is 15.2 Å². The first kappa shape index (κ1) is 21.2. The van der Waals surface area contributed by atoms with Crippen LogP contribution < -0.4 is 15.5 Å². The van der Waals surface area contributed by atoms with E-state index in [1.54, 1.807) is 12.3 Å². The van der Waals surface area contributed by atoms with Gasteiger partial charge in [0.25, 0.3) is 5.91 Å². The molecule has 1 aromatic carbocycles. The summed E-state index contributed by atoms with van der Waals surface area (Å²) < 4.78 is 0. The monoisotopic (exact) mass is 421 g/mol. The third-order valence-electron chi connectivity index (χ3n) is 6.10. The summed E-state index contributed by atoms with van der Waals surface area (Å²) in [6.07, 6.45) is 7.47. The van der Waals surface area contributed by atoms with Crippen LogP contribution in [0, 0.1) is 6.92 Å². The summed E-state index contributed by atoms with van der Waals surface area (Å²) in [6.45, 7) is 5.85. The van der Waals surface area contributed by atoms with Gasteiger partial charge in [0.1, 0.15) is 5.82 Å². The largest absolute Gasteiger partial charge is 0.356 e. The van der Waals surface area contributed by atoms with Crippen LogP contribution in [0.2, 0.25) is 0 Å².